The molecule has 98 valence electrons. The van der Waals surface area contributed by atoms with Crippen LogP contribution in [0.5, 0.6) is 0 Å². The predicted octanol–water partition coefficient (Wildman–Crippen LogP) is 0.838. The third-order valence-electron chi connectivity index (χ3n) is 1.80. The van der Waals surface area contributed by atoms with Gasteiger partial charge in [0, 0.05) is 13.1 Å². The number of esters is 1. The summed E-state index contributed by atoms with van der Waals surface area (Å²) in [6.07, 6.45) is 3.17. The van der Waals surface area contributed by atoms with Crippen molar-refractivity contribution in [1.29, 1.82) is 0 Å². The zero-order valence-corrected chi connectivity index (χ0v) is 11.1. The monoisotopic (exact) mass is 270 g/mol. The maximum Gasteiger partial charge on any atom is 0.343 e. The van der Waals surface area contributed by atoms with Crippen LogP contribution in [0.2, 0.25) is 0 Å². The smallest absolute Gasteiger partial charge is 0.343 e. The quantitative estimate of drug-likeness (QED) is 0.354. The highest BCUT2D eigenvalue weighted by atomic mass is 32.2. The summed E-state index contributed by atoms with van der Waals surface area (Å²) in [5, 5.41) is 0.482. The number of nitrogens with one attached hydrogen (secondary N) is 2. The Labute approximate surface area is 109 Å². The van der Waals surface area contributed by atoms with Gasteiger partial charge < -0.3 is 4.74 Å². The molecule has 1 heterocycles. The van der Waals surface area contributed by atoms with Crippen LogP contribution < -0.4 is 10.9 Å². The van der Waals surface area contributed by atoms with Crippen LogP contribution in [-0.4, -0.2) is 34.7 Å². The van der Waals surface area contributed by atoms with E-state index in [1.165, 1.54) is 24.9 Å². The van der Waals surface area contributed by atoms with Crippen LogP contribution in [-0.2, 0) is 9.53 Å². The van der Waals surface area contributed by atoms with Gasteiger partial charge in [-0.3, -0.25) is 15.6 Å². The van der Waals surface area contributed by atoms with Crippen LogP contribution in [0.3, 0.4) is 0 Å². The van der Waals surface area contributed by atoms with Crippen molar-refractivity contribution in [2.24, 2.45) is 0 Å². The van der Waals surface area contributed by atoms with Crippen molar-refractivity contribution in [3.63, 3.8) is 0 Å². The van der Waals surface area contributed by atoms with Crippen LogP contribution in [0, 0.1) is 0 Å². The van der Waals surface area contributed by atoms with Crippen molar-refractivity contribution in [3.05, 3.63) is 11.8 Å². The van der Waals surface area contributed by atoms with E-state index in [1.54, 1.807) is 6.92 Å². The molecule has 0 aliphatic carbocycles. The number of carbonyl (C=O) groups is 2. The van der Waals surface area contributed by atoms with Crippen LogP contribution in [0.1, 0.15) is 24.2 Å². The molecule has 0 aromatic carbocycles. The summed E-state index contributed by atoms with van der Waals surface area (Å²) in [4.78, 5) is 30.6. The Morgan fingerprint density at radius 3 is 2.78 bits per heavy atom. The van der Waals surface area contributed by atoms with Gasteiger partial charge in [-0.15, -0.1) is 0 Å². The zero-order chi connectivity index (χ0) is 13.5. The number of hydrogen-bond acceptors (Lipinski definition) is 7. The molecule has 0 aliphatic rings. The fraction of sp³-hybridized carbons (Fsp3) is 0.400. The van der Waals surface area contributed by atoms with E-state index < -0.39 is 5.97 Å². The third-order valence-corrected chi connectivity index (χ3v) is 2.36. The molecule has 0 radical (unpaired) electrons. The molecule has 2 N–H and O–H groups in total. The summed E-state index contributed by atoms with van der Waals surface area (Å²) in [5.74, 6) is -0.630. The zero-order valence-electron chi connectivity index (χ0n) is 10.3. The molecular formula is C10H14N4O3S. The third kappa shape index (κ3) is 3.88. The second-order valence-electron chi connectivity index (χ2n) is 3.15. The molecule has 8 heteroatoms. The van der Waals surface area contributed by atoms with Gasteiger partial charge in [0.25, 0.3) is 0 Å². The average molecular weight is 270 g/mol. The van der Waals surface area contributed by atoms with Gasteiger partial charge >= 0.3 is 5.97 Å². The number of amides is 1. The Kier molecular flexibility index (Phi) is 5.37. The Hall–Kier alpha value is -1.83. The van der Waals surface area contributed by atoms with E-state index in [0.29, 0.717) is 5.16 Å². The van der Waals surface area contributed by atoms with Crippen molar-refractivity contribution < 1.29 is 14.3 Å². The maximum absolute atomic E-state index is 11.6. The molecule has 0 fully saturated rings. The van der Waals surface area contributed by atoms with Crippen molar-refractivity contribution in [2.45, 2.75) is 19.0 Å². The van der Waals surface area contributed by atoms with Crippen molar-refractivity contribution in [2.75, 3.05) is 18.3 Å². The highest BCUT2D eigenvalue weighted by molar-refractivity contribution is 7.98. The first-order valence-corrected chi connectivity index (χ1v) is 6.41. The number of carbonyl (C=O) groups excluding carboxylic acids is 2. The van der Waals surface area contributed by atoms with E-state index in [-0.39, 0.29) is 23.9 Å². The Bertz CT molecular complexity index is 453. The topological polar surface area (TPSA) is 93.2 Å². The molecule has 0 bridgehead atoms. The molecule has 1 amide bonds. The fourth-order valence-corrected chi connectivity index (χ4v) is 1.41. The lowest BCUT2D eigenvalue weighted by Crippen LogP contribution is -2.28. The van der Waals surface area contributed by atoms with Gasteiger partial charge in [0.2, 0.25) is 5.91 Å². The number of hydrogen-bond donors (Lipinski definition) is 2. The predicted molar refractivity (Wildman–Crippen MR) is 67.2 cm³/mol. The fourth-order valence-electron chi connectivity index (χ4n) is 1.06. The lowest BCUT2D eigenvalue weighted by molar-refractivity contribution is -0.118. The lowest BCUT2D eigenvalue weighted by Gasteiger charge is -2.10. The second-order valence-corrected chi connectivity index (χ2v) is 3.92. The highest BCUT2D eigenvalue weighted by Gasteiger charge is 2.15. The number of nitrogens with zero attached hydrogens (tertiary/aromatic N) is 2. The lowest BCUT2D eigenvalue weighted by atomic mass is 10.3. The van der Waals surface area contributed by atoms with Crippen LogP contribution in [0.15, 0.2) is 11.4 Å². The van der Waals surface area contributed by atoms with Gasteiger partial charge in [-0.05, 0) is 13.2 Å². The minimum Gasteiger partial charge on any atom is -0.462 e. The molecule has 0 saturated heterocycles. The molecule has 18 heavy (non-hydrogen) atoms. The number of anilines is 1. The summed E-state index contributed by atoms with van der Waals surface area (Å²) >= 11 is 1.32. The SMILES string of the molecule is CCOC(=O)c1cnc(SC)nc1NNC(C)=O. The minimum absolute atomic E-state index is 0.170. The molecular weight excluding hydrogens is 256 g/mol. The van der Waals surface area contributed by atoms with E-state index >= 15 is 0 Å². The standard InChI is InChI=1S/C10H14N4O3S/c1-4-17-9(16)7-5-11-10(18-3)12-8(7)14-13-6(2)15/h5H,4H2,1-3H3,(H,13,15)(H,11,12,14). The number of thioether (sulfide) groups is 1. The molecule has 0 saturated carbocycles. The molecule has 0 spiro atoms. The van der Waals surface area contributed by atoms with Gasteiger partial charge in [0.1, 0.15) is 5.56 Å². The van der Waals surface area contributed by atoms with E-state index in [0.717, 1.165) is 0 Å². The maximum atomic E-state index is 11.6. The summed E-state index contributed by atoms with van der Waals surface area (Å²) < 4.78 is 4.87. The average Bonchev–Trinajstić information content (AvgIpc) is 2.36. The van der Waals surface area contributed by atoms with E-state index in [1.807, 2.05) is 6.26 Å². The van der Waals surface area contributed by atoms with Crippen LogP contribution >= 0.6 is 11.8 Å². The van der Waals surface area contributed by atoms with Gasteiger partial charge in [0.05, 0.1) is 6.61 Å². The molecule has 0 aliphatic heterocycles. The largest absolute Gasteiger partial charge is 0.462 e. The molecule has 0 atom stereocenters. The Balaban J connectivity index is 2.99. The first-order chi connectivity index (χ1) is 8.58. The molecule has 0 unspecified atom stereocenters. The van der Waals surface area contributed by atoms with Crippen molar-refractivity contribution >= 4 is 29.5 Å². The minimum atomic E-state index is -0.544. The number of rotatable bonds is 5. The molecule has 1 aromatic rings. The van der Waals surface area contributed by atoms with Crippen molar-refractivity contribution in [3.8, 4) is 0 Å². The summed E-state index contributed by atoms with van der Waals surface area (Å²) in [7, 11) is 0. The summed E-state index contributed by atoms with van der Waals surface area (Å²) in [6.45, 7) is 3.30. The number of aromatic nitrogens is 2. The second kappa shape index (κ2) is 6.80. The van der Waals surface area contributed by atoms with Gasteiger partial charge in [-0.25, -0.2) is 14.8 Å². The van der Waals surface area contributed by atoms with E-state index in [2.05, 4.69) is 20.8 Å². The number of hydrazine groups is 1. The molecule has 7 nitrogen and oxygen atoms in total. The first-order valence-electron chi connectivity index (χ1n) is 5.19. The van der Waals surface area contributed by atoms with Crippen molar-refractivity contribution in [1.82, 2.24) is 15.4 Å². The van der Waals surface area contributed by atoms with E-state index in [9.17, 15) is 9.59 Å². The first kappa shape index (κ1) is 14.2. The molecule has 1 rings (SSSR count). The van der Waals surface area contributed by atoms with Crippen LogP contribution in [0.4, 0.5) is 5.82 Å². The van der Waals surface area contributed by atoms with Gasteiger partial charge in [-0.1, -0.05) is 11.8 Å². The number of ether oxygens (including phenoxy) is 1. The summed E-state index contributed by atoms with van der Waals surface area (Å²) in [6, 6.07) is 0. The highest BCUT2D eigenvalue weighted by Crippen LogP contribution is 2.16. The Morgan fingerprint density at radius 2 is 2.22 bits per heavy atom. The molecule has 1 aromatic heterocycles. The van der Waals surface area contributed by atoms with Gasteiger partial charge in [-0.2, -0.15) is 0 Å². The van der Waals surface area contributed by atoms with Crippen LogP contribution in [0.25, 0.3) is 0 Å². The summed E-state index contributed by atoms with van der Waals surface area (Å²) in [5.41, 5.74) is 5.09. The Morgan fingerprint density at radius 1 is 1.50 bits per heavy atom. The van der Waals surface area contributed by atoms with Gasteiger partial charge in [0.15, 0.2) is 11.0 Å². The normalized spacial score (nSPS) is 9.72. The van der Waals surface area contributed by atoms with E-state index in [4.69, 9.17) is 4.74 Å².